The second kappa shape index (κ2) is 9.02. The van der Waals surface area contributed by atoms with E-state index < -0.39 is 47.9 Å². The van der Waals surface area contributed by atoms with Crippen LogP contribution in [0.2, 0.25) is 0 Å². The molecule has 2 fully saturated rings. The number of ketones is 1. The molecule has 3 aliphatic rings. The van der Waals surface area contributed by atoms with Gasteiger partial charge in [0.25, 0.3) is 0 Å². The Balaban J connectivity index is 2.21. The maximum atomic E-state index is 12.7. The fraction of sp³-hybridized carbons (Fsp3) is 0.667. The minimum absolute atomic E-state index is 0.00235. The number of hydrogen-bond acceptors (Lipinski definition) is 9. The first-order valence-electron chi connectivity index (χ1n) is 11.2. The fourth-order valence-corrected chi connectivity index (χ4v) is 5.00. The van der Waals surface area contributed by atoms with E-state index in [-0.39, 0.29) is 40.9 Å². The van der Waals surface area contributed by atoms with Gasteiger partial charge in [-0.3, -0.25) is 14.4 Å². The van der Waals surface area contributed by atoms with Crippen molar-refractivity contribution in [3.8, 4) is 0 Å². The van der Waals surface area contributed by atoms with Crippen LogP contribution in [0.5, 0.6) is 0 Å². The van der Waals surface area contributed by atoms with Gasteiger partial charge in [-0.25, -0.2) is 4.79 Å². The monoisotopic (exact) mass is 464 g/mol. The molecule has 0 aliphatic carbocycles. The smallest absolute Gasteiger partial charge is 0.336 e. The van der Waals surface area contributed by atoms with E-state index in [1.807, 2.05) is 6.92 Å². The molecule has 3 heterocycles. The van der Waals surface area contributed by atoms with Gasteiger partial charge in [0.2, 0.25) is 5.79 Å². The van der Waals surface area contributed by atoms with Crippen LogP contribution in [-0.2, 0) is 38.1 Å². The third-order valence-electron chi connectivity index (χ3n) is 6.79. The maximum absolute atomic E-state index is 12.7. The predicted octanol–water partition coefficient (Wildman–Crippen LogP) is 2.29. The van der Waals surface area contributed by atoms with Crippen LogP contribution in [0, 0.1) is 5.92 Å². The highest BCUT2D eigenvalue weighted by Crippen LogP contribution is 2.46. The van der Waals surface area contributed by atoms with Crippen LogP contribution >= 0.6 is 0 Å². The zero-order valence-electron chi connectivity index (χ0n) is 19.8. The lowest BCUT2D eigenvalue weighted by Gasteiger charge is -2.40. The van der Waals surface area contributed by atoms with Crippen LogP contribution in [0.1, 0.15) is 66.7 Å². The minimum Gasteiger partial charge on any atom is -0.455 e. The van der Waals surface area contributed by atoms with Crippen LogP contribution < -0.4 is 0 Å². The van der Waals surface area contributed by atoms with Crippen LogP contribution in [0.3, 0.4) is 0 Å². The van der Waals surface area contributed by atoms with Gasteiger partial charge in [0.15, 0.2) is 18.0 Å². The molecule has 0 aromatic heterocycles. The molecule has 6 atom stereocenters. The summed E-state index contributed by atoms with van der Waals surface area (Å²) in [6.07, 6.45) is -1.35. The first kappa shape index (κ1) is 25.1. The Labute approximate surface area is 193 Å². The van der Waals surface area contributed by atoms with E-state index in [0.717, 1.165) is 0 Å². The Morgan fingerprint density at radius 3 is 2.39 bits per heavy atom. The summed E-state index contributed by atoms with van der Waals surface area (Å²) in [5, 5.41) is 11.4. The largest absolute Gasteiger partial charge is 0.455 e. The number of hydrogen-bond donors (Lipinski definition) is 1. The molecule has 1 N–H and O–H groups in total. The maximum Gasteiger partial charge on any atom is 0.336 e. The summed E-state index contributed by atoms with van der Waals surface area (Å²) < 4.78 is 22.9. The first-order valence-corrected chi connectivity index (χ1v) is 11.2. The Hall–Kier alpha value is -2.52. The molecular formula is C24H32O9. The van der Waals surface area contributed by atoms with Gasteiger partial charge < -0.3 is 24.1 Å². The van der Waals surface area contributed by atoms with Crippen molar-refractivity contribution >= 4 is 23.7 Å². The molecule has 3 rings (SSSR count). The molecule has 0 saturated carbocycles. The van der Waals surface area contributed by atoms with Crippen molar-refractivity contribution in [2.45, 2.75) is 96.4 Å². The summed E-state index contributed by atoms with van der Waals surface area (Å²) in [6, 6.07) is 0. The minimum atomic E-state index is -2.29. The van der Waals surface area contributed by atoms with Gasteiger partial charge in [0.05, 0.1) is 11.7 Å². The van der Waals surface area contributed by atoms with Crippen molar-refractivity contribution in [1.29, 1.82) is 0 Å². The fourth-order valence-electron chi connectivity index (χ4n) is 5.00. The summed E-state index contributed by atoms with van der Waals surface area (Å²) in [5.74, 6) is -4.73. The average molecular weight is 465 g/mol. The molecule has 0 unspecified atom stereocenters. The highest BCUT2D eigenvalue weighted by atomic mass is 16.7. The third kappa shape index (κ3) is 4.89. The van der Waals surface area contributed by atoms with Crippen molar-refractivity contribution in [3.63, 3.8) is 0 Å². The Bertz CT molecular complexity index is 919. The van der Waals surface area contributed by atoms with Gasteiger partial charge in [-0.05, 0) is 44.6 Å². The first-order chi connectivity index (χ1) is 15.3. The SMILES string of the molecule is C=C1C[C@]2(O)OC(=O)C(C)=C2[C@@H](OC(C)=O)[C@H](OC(C)=O)[C@@]2(C)CC[C@H](O2)[C@H](C)CCC1=O. The van der Waals surface area contributed by atoms with Crippen LogP contribution in [0.15, 0.2) is 23.3 Å². The number of carbonyl (C=O) groups is 4. The summed E-state index contributed by atoms with van der Waals surface area (Å²) in [7, 11) is 0. The summed E-state index contributed by atoms with van der Waals surface area (Å²) in [5.41, 5.74) is -1.09. The van der Waals surface area contributed by atoms with E-state index in [9.17, 15) is 24.3 Å². The van der Waals surface area contributed by atoms with Gasteiger partial charge in [0.1, 0.15) is 5.60 Å². The van der Waals surface area contributed by atoms with Crippen molar-refractivity contribution in [2.24, 2.45) is 5.92 Å². The molecule has 3 aliphatic heterocycles. The zero-order valence-corrected chi connectivity index (χ0v) is 19.8. The predicted molar refractivity (Wildman–Crippen MR) is 115 cm³/mol. The van der Waals surface area contributed by atoms with Crippen LogP contribution in [-0.4, -0.2) is 58.5 Å². The van der Waals surface area contributed by atoms with Gasteiger partial charge in [-0.2, -0.15) is 0 Å². The molecule has 182 valence electrons. The van der Waals surface area contributed by atoms with Crippen molar-refractivity contribution in [3.05, 3.63) is 23.3 Å². The third-order valence-corrected chi connectivity index (χ3v) is 6.79. The van der Waals surface area contributed by atoms with Crippen molar-refractivity contribution in [2.75, 3.05) is 0 Å². The Kier molecular flexibility index (Phi) is 6.87. The summed E-state index contributed by atoms with van der Waals surface area (Å²) >= 11 is 0. The molecule has 0 radical (unpaired) electrons. The topological polar surface area (TPSA) is 125 Å². The van der Waals surface area contributed by atoms with Crippen molar-refractivity contribution < 1.29 is 43.2 Å². The number of rotatable bonds is 2. The molecule has 0 spiro atoms. The highest BCUT2D eigenvalue weighted by molar-refractivity contribution is 5.96. The number of carbonyl (C=O) groups excluding carboxylic acids is 4. The standard InChI is InChI=1S/C24H32O9/c1-12-7-8-17(27)13(2)11-24(29)19(14(3)22(28)33-24)20(30-15(4)25)21(31-16(5)26)23(6)10-9-18(12)32-23/h12,18,20-21,29H,2,7-11H2,1,3-6H3/t12-,18+,20-,21+,23-,24+/m1/s1. The normalized spacial score (nSPS) is 37.5. The molecule has 2 saturated heterocycles. The van der Waals surface area contributed by atoms with Crippen LogP contribution in [0.25, 0.3) is 0 Å². The number of fused-ring (bicyclic) bond motifs is 3. The molecule has 9 heteroatoms. The number of aliphatic hydroxyl groups is 1. The van der Waals surface area contributed by atoms with E-state index in [1.165, 1.54) is 20.8 Å². The summed E-state index contributed by atoms with van der Waals surface area (Å²) in [6.45, 7) is 11.3. The van der Waals surface area contributed by atoms with E-state index in [1.54, 1.807) is 6.92 Å². The average Bonchev–Trinajstić information content (AvgIpc) is 3.20. The number of Topliss-reactive ketones (excluding diaryl/α,β-unsaturated/α-hetero) is 1. The van der Waals surface area contributed by atoms with Crippen LogP contribution in [0.4, 0.5) is 0 Å². The molecular weight excluding hydrogens is 432 g/mol. The van der Waals surface area contributed by atoms with Gasteiger partial charge >= 0.3 is 17.9 Å². The Morgan fingerprint density at radius 2 is 1.79 bits per heavy atom. The summed E-state index contributed by atoms with van der Waals surface area (Å²) in [4.78, 5) is 49.5. The molecule has 33 heavy (non-hydrogen) atoms. The van der Waals surface area contributed by atoms with Gasteiger partial charge in [-0.1, -0.05) is 13.5 Å². The molecule has 0 aromatic rings. The number of esters is 3. The molecule has 0 aromatic carbocycles. The van der Waals surface area contributed by atoms with E-state index >= 15 is 0 Å². The quantitative estimate of drug-likeness (QED) is 0.372. The lowest BCUT2D eigenvalue weighted by Crippen LogP contribution is -2.54. The molecule has 0 amide bonds. The van der Waals surface area contributed by atoms with E-state index in [4.69, 9.17) is 18.9 Å². The lowest BCUT2D eigenvalue weighted by atomic mass is 9.81. The number of ether oxygens (including phenoxy) is 4. The zero-order chi connectivity index (χ0) is 24.7. The lowest BCUT2D eigenvalue weighted by molar-refractivity contribution is -0.205. The second-order valence-electron chi connectivity index (χ2n) is 9.50. The van der Waals surface area contributed by atoms with Crippen molar-refractivity contribution in [1.82, 2.24) is 0 Å². The van der Waals surface area contributed by atoms with E-state index in [2.05, 4.69) is 6.58 Å². The highest BCUT2D eigenvalue weighted by Gasteiger charge is 2.58. The van der Waals surface area contributed by atoms with Gasteiger partial charge in [-0.15, -0.1) is 0 Å². The Morgan fingerprint density at radius 1 is 1.15 bits per heavy atom. The van der Waals surface area contributed by atoms with E-state index in [0.29, 0.717) is 19.3 Å². The van der Waals surface area contributed by atoms with Gasteiger partial charge in [0, 0.05) is 32.3 Å². The molecule has 9 nitrogen and oxygen atoms in total. The molecule has 2 bridgehead atoms. The second-order valence-corrected chi connectivity index (χ2v) is 9.50.